The number of aliphatic carboxylic acids is 1. The van der Waals surface area contributed by atoms with E-state index in [2.05, 4.69) is 5.32 Å². The molecule has 0 aliphatic carbocycles. The average molecular weight is 394 g/mol. The molecule has 2 rings (SSSR count). The Morgan fingerprint density at radius 1 is 1.25 bits per heavy atom. The van der Waals surface area contributed by atoms with Crippen molar-refractivity contribution in [2.24, 2.45) is 5.92 Å². The molecule has 0 bridgehead atoms. The Hall–Kier alpha value is -1.31. The van der Waals surface area contributed by atoms with Crippen LogP contribution in [0.2, 0.25) is 10.0 Å². The van der Waals surface area contributed by atoms with Crippen LogP contribution >= 0.6 is 23.2 Å². The number of carbonyl (C=O) groups excluding carboxylic acids is 1. The topological polar surface area (TPSA) is 101 Å². The first-order valence-electron chi connectivity index (χ1n) is 7.32. The molecule has 1 aliphatic heterocycles. The third kappa shape index (κ3) is 5.65. The highest BCUT2D eigenvalue weighted by molar-refractivity contribution is 7.91. The molecule has 0 saturated carbocycles. The molecule has 24 heavy (non-hydrogen) atoms. The van der Waals surface area contributed by atoms with E-state index in [1.54, 1.807) is 12.1 Å². The molecular weight excluding hydrogens is 377 g/mol. The molecule has 1 amide bonds. The Balaban J connectivity index is 1.98. The minimum Gasteiger partial charge on any atom is -0.480 e. The summed E-state index contributed by atoms with van der Waals surface area (Å²) >= 11 is 11.8. The zero-order valence-corrected chi connectivity index (χ0v) is 15.0. The van der Waals surface area contributed by atoms with Crippen LogP contribution in [0.1, 0.15) is 18.4 Å². The lowest BCUT2D eigenvalue weighted by atomic mass is 10.0. The lowest BCUT2D eigenvalue weighted by molar-refractivity contribution is -0.141. The maximum atomic E-state index is 12.0. The zero-order chi connectivity index (χ0) is 17.9. The molecule has 9 heteroatoms. The van der Waals surface area contributed by atoms with Crippen LogP contribution in [0.5, 0.6) is 0 Å². The number of nitrogens with one attached hydrogen (secondary N) is 1. The summed E-state index contributed by atoms with van der Waals surface area (Å²) in [7, 11) is -3.07. The second-order valence-electron chi connectivity index (χ2n) is 5.91. The first-order valence-corrected chi connectivity index (χ1v) is 9.90. The van der Waals surface area contributed by atoms with E-state index in [4.69, 9.17) is 23.2 Å². The Bertz CT molecular complexity index is 730. The smallest absolute Gasteiger partial charge is 0.326 e. The van der Waals surface area contributed by atoms with E-state index in [-0.39, 0.29) is 30.3 Å². The van der Waals surface area contributed by atoms with Crippen molar-refractivity contribution in [3.8, 4) is 0 Å². The fourth-order valence-electron chi connectivity index (χ4n) is 2.71. The average Bonchev–Trinajstić information content (AvgIpc) is 2.75. The van der Waals surface area contributed by atoms with Gasteiger partial charge in [-0.05, 0) is 36.1 Å². The van der Waals surface area contributed by atoms with Crippen molar-refractivity contribution in [2.75, 3.05) is 11.5 Å². The van der Waals surface area contributed by atoms with Gasteiger partial charge in [0.25, 0.3) is 0 Å². The van der Waals surface area contributed by atoms with Gasteiger partial charge in [0.15, 0.2) is 9.84 Å². The lowest BCUT2D eigenvalue weighted by Gasteiger charge is -2.16. The quantitative estimate of drug-likeness (QED) is 0.768. The maximum absolute atomic E-state index is 12.0. The fraction of sp³-hybridized carbons (Fsp3) is 0.467. The molecule has 2 atom stereocenters. The van der Waals surface area contributed by atoms with E-state index in [0.717, 1.165) is 0 Å². The molecule has 0 aromatic heterocycles. The number of carboxylic acids is 1. The summed E-state index contributed by atoms with van der Waals surface area (Å²) < 4.78 is 22.8. The number of halogens is 2. The van der Waals surface area contributed by atoms with Crippen LogP contribution in [-0.4, -0.2) is 42.9 Å². The van der Waals surface area contributed by atoms with Crippen molar-refractivity contribution >= 4 is 44.9 Å². The van der Waals surface area contributed by atoms with Gasteiger partial charge in [0.05, 0.1) is 11.5 Å². The van der Waals surface area contributed by atoms with Crippen molar-refractivity contribution in [3.63, 3.8) is 0 Å². The molecule has 132 valence electrons. The number of amides is 1. The van der Waals surface area contributed by atoms with Gasteiger partial charge in [0, 0.05) is 22.9 Å². The number of carbonyl (C=O) groups is 2. The van der Waals surface area contributed by atoms with Crippen molar-refractivity contribution < 1.29 is 23.1 Å². The monoisotopic (exact) mass is 393 g/mol. The Morgan fingerprint density at radius 3 is 2.38 bits per heavy atom. The summed E-state index contributed by atoms with van der Waals surface area (Å²) in [6.45, 7) is 0. The van der Waals surface area contributed by atoms with Crippen LogP contribution in [0.25, 0.3) is 0 Å². The largest absolute Gasteiger partial charge is 0.480 e. The van der Waals surface area contributed by atoms with E-state index in [1.807, 2.05) is 0 Å². The van der Waals surface area contributed by atoms with E-state index < -0.39 is 27.8 Å². The molecule has 1 heterocycles. The second kappa shape index (κ2) is 7.72. The predicted octanol–water partition coefficient (Wildman–Crippen LogP) is 1.93. The summed E-state index contributed by atoms with van der Waals surface area (Å²) in [6.07, 6.45) is 0.459. The number of hydrogen-bond acceptors (Lipinski definition) is 4. The van der Waals surface area contributed by atoms with Gasteiger partial charge in [0.1, 0.15) is 6.04 Å². The molecule has 2 unspecified atom stereocenters. The number of benzene rings is 1. The molecule has 6 nitrogen and oxygen atoms in total. The number of sulfone groups is 1. The minimum absolute atomic E-state index is 0.000683. The van der Waals surface area contributed by atoms with Gasteiger partial charge in [0.2, 0.25) is 5.91 Å². The van der Waals surface area contributed by atoms with Crippen LogP contribution in [0.4, 0.5) is 0 Å². The Labute approximate surface area is 150 Å². The van der Waals surface area contributed by atoms with Gasteiger partial charge >= 0.3 is 5.97 Å². The van der Waals surface area contributed by atoms with Crippen LogP contribution in [-0.2, 0) is 25.8 Å². The van der Waals surface area contributed by atoms with Crippen molar-refractivity contribution in [1.82, 2.24) is 5.32 Å². The fourth-order valence-corrected chi connectivity index (χ4v) is 5.15. The van der Waals surface area contributed by atoms with Gasteiger partial charge in [-0.1, -0.05) is 23.2 Å². The molecule has 1 fully saturated rings. The predicted molar refractivity (Wildman–Crippen MR) is 91.1 cm³/mol. The SMILES string of the molecule is O=C(CC1CCS(=O)(=O)C1)NC(Cc1cc(Cl)cc(Cl)c1)C(=O)O. The normalized spacial score (nSPS) is 20.5. The van der Waals surface area contributed by atoms with Gasteiger partial charge < -0.3 is 10.4 Å². The molecule has 1 aliphatic rings. The maximum Gasteiger partial charge on any atom is 0.326 e. The minimum atomic E-state index is -3.07. The van der Waals surface area contributed by atoms with Crippen LogP contribution in [0.3, 0.4) is 0 Å². The van der Waals surface area contributed by atoms with Crippen LogP contribution in [0.15, 0.2) is 18.2 Å². The van der Waals surface area contributed by atoms with Crippen molar-refractivity contribution in [3.05, 3.63) is 33.8 Å². The molecule has 1 saturated heterocycles. The second-order valence-corrected chi connectivity index (χ2v) is 9.01. The number of hydrogen-bond donors (Lipinski definition) is 2. The number of carboxylic acid groups (broad SMARTS) is 1. The van der Waals surface area contributed by atoms with E-state index >= 15 is 0 Å². The molecular formula is C15H17Cl2NO5S. The van der Waals surface area contributed by atoms with E-state index in [1.165, 1.54) is 6.07 Å². The van der Waals surface area contributed by atoms with E-state index in [9.17, 15) is 23.1 Å². The first kappa shape index (κ1) is 19.0. The molecule has 1 aromatic carbocycles. The van der Waals surface area contributed by atoms with Gasteiger partial charge in [-0.15, -0.1) is 0 Å². The first-order chi connectivity index (χ1) is 11.1. The highest BCUT2D eigenvalue weighted by atomic mass is 35.5. The summed E-state index contributed by atoms with van der Waals surface area (Å²) in [4.78, 5) is 23.4. The molecule has 2 N–H and O–H groups in total. The highest BCUT2D eigenvalue weighted by Crippen LogP contribution is 2.22. The summed E-state index contributed by atoms with van der Waals surface area (Å²) in [5.74, 6) is -1.86. The molecule has 0 radical (unpaired) electrons. The van der Waals surface area contributed by atoms with Crippen molar-refractivity contribution in [1.29, 1.82) is 0 Å². The third-order valence-electron chi connectivity index (χ3n) is 3.80. The van der Waals surface area contributed by atoms with Crippen molar-refractivity contribution in [2.45, 2.75) is 25.3 Å². The lowest BCUT2D eigenvalue weighted by Crippen LogP contribution is -2.42. The zero-order valence-electron chi connectivity index (χ0n) is 12.7. The van der Waals surface area contributed by atoms with Gasteiger partial charge in [-0.25, -0.2) is 13.2 Å². The summed E-state index contributed by atoms with van der Waals surface area (Å²) in [5.41, 5.74) is 0.587. The third-order valence-corrected chi connectivity index (χ3v) is 6.07. The van der Waals surface area contributed by atoms with Gasteiger partial charge in [-0.2, -0.15) is 0 Å². The molecule has 0 spiro atoms. The highest BCUT2D eigenvalue weighted by Gasteiger charge is 2.30. The van der Waals surface area contributed by atoms with Crippen LogP contribution in [0, 0.1) is 5.92 Å². The summed E-state index contributed by atoms with van der Waals surface area (Å²) in [6, 6.07) is 3.56. The van der Waals surface area contributed by atoms with E-state index in [0.29, 0.717) is 22.0 Å². The van der Waals surface area contributed by atoms with Crippen LogP contribution < -0.4 is 5.32 Å². The number of rotatable bonds is 6. The Morgan fingerprint density at radius 2 is 1.88 bits per heavy atom. The summed E-state index contributed by atoms with van der Waals surface area (Å²) in [5, 5.41) is 12.5. The standard InChI is InChI=1S/C15H17Cl2NO5S/c16-11-3-10(4-12(17)7-11)5-13(15(20)21)18-14(19)6-9-1-2-24(22,23)8-9/h3-4,7,9,13H,1-2,5-6,8H2,(H,18,19)(H,20,21). The molecule has 1 aromatic rings. The van der Waals surface area contributed by atoms with Gasteiger partial charge in [-0.3, -0.25) is 4.79 Å². The Kier molecular flexibility index (Phi) is 6.11.